The Hall–Kier alpha value is -0.610. The average molecular weight is 291 g/mol. The molecule has 4 saturated carbocycles. The summed E-state index contributed by atoms with van der Waals surface area (Å²) in [4.78, 5) is 13.6. The standard InChI is InChI=1S/C17H29N3O/c18-10-16(21)20-3-1-15(2-4-20)19-17-13-6-11-5-12(8-13)9-14(17)7-11/h11-15,17,19H,1-10,18H2. The van der Waals surface area contributed by atoms with Crippen LogP contribution in [0.3, 0.4) is 0 Å². The van der Waals surface area contributed by atoms with Crippen molar-refractivity contribution in [3.63, 3.8) is 0 Å². The van der Waals surface area contributed by atoms with Crippen molar-refractivity contribution in [1.82, 2.24) is 10.2 Å². The van der Waals surface area contributed by atoms with Crippen LogP contribution in [0.25, 0.3) is 0 Å². The molecule has 0 aromatic rings. The summed E-state index contributed by atoms with van der Waals surface area (Å²) in [6.07, 6.45) is 9.66. The maximum Gasteiger partial charge on any atom is 0.236 e. The molecule has 21 heavy (non-hydrogen) atoms. The first-order valence-electron chi connectivity index (χ1n) is 8.96. The summed E-state index contributed by atoms with van der Waals surface area (Å²) < 4.78 is 0. The number of nitrogens with zero attached hydrogens (tertiary/aromatic N) is 1. The monoisotopic (exact) mass is 291 g/mol. The van der Waals surface area contributed by atoms with E-state index in [4.69, 9.17) is 5.73 Å². The quantitative estimate of drug-likeness (QED) is 0.825. The van der Waals surface area contributed by atoms with Crippen LogP contribution in [-0.2, 0) is 4.79 Å². The number of nitrogens with one attached hydrogen (secondary N) is 1. The molecule has 4 heteroatoms. The molecular formula is C17H29N3O. The van der Waals surface area contributed by atoms with E-state index < -0.39 is 0 Å². The molecule has 0 aromatic carbocycles. The molecule has 0 atom stereocenters. The van der Waals surface area contributed by atoms with E-state index in [2.05, 4.69) is 5.32 Å². The molecule has 5 fully saturated rings. The third-order valence-electron chi connectivity index (χ3n) is 6.68. The number of carbonyl (C=O) groups is 1. The van der Waals surface area contributed by atoms with E-state index in [1.165, 1.54) is 32.1 Å². The number of hydrogen-bond donors (Lipinski definition) is 2. The minimum absolute atomic E-state index is 0.114. The molecule has 0 radical (unpaired) electrons. The van der Waals surface area contributed by atoms with Crippen LogP contribution in [0.1, 0.15) is 44.9 Å². The van der Waals surface area contributed by atoms with Crippen LogP contribution in [0.5, 0.6) is 0 Å². The molecule has 4 aliphatic carbocycles. The molecule has 5 aliphatic rings. The number of piperidine rings is 1. The molecule has 118 valence electrons. The van der Waals surface area contributed by atoms with E-state index in [1.54, 1.807) is 0 Å². The van der Waals surface area contributed by atoms with Crippen LogP contribution in [-0.4, -0.2) is 42.5 Å². The van der Waals surface area contributed by atoms with Gasteiger partial charge in [0.15, 0.2) is 0 Å². The third-order valence-corrected chi connectivity index (χ3v) is 6.68. The normalized spacial score (nSPS) is 42.5. The molecule has 5 rings (SSSR count). The zero-order chi connectivity index (χ0) is 14.4. The smallest absolute Gasteiger partial charge is 0.236 e. The number of nitrogens with two attached hydrogens (primary N) is 1. The van der Waals surface area contributed by atoms with Gasteiger partial charge in [0.1, 0.15) is 0 Å². The van der Waals surface area contributed by atoms with Crippen molar-refractivity contribution in [2.45, 2.75) is 57.0 Å². The van der Waals surface area contributed by atoms with Gasteiger partial charge in [-0.25, -0.2) is 0 Å². The highest BCUT2D eigenvalue weighted by Gasteiger charge is 2.48. The predicted molar refractivity (Wildman–Crippen MR) is 82.6 cm³/mol. The Morgan fingerprint density at radius 2 is 1.57 bits per heavy atom. The van der Waals surface area contributed by atoms with Crippen molar-refractivity contribution in [3.8, 4) is 0 Å². The van der Waals surface area contributed by atoms with Gasteiger partial charge in [0.2, 0.25) is 5.91 Å². The fourth-order valence-corrected chi connectivity index (χ4v) is 5.89. The van der Waals surface area contributed by atoms with Gasteiger partial charge in [-0.3, -0.25) is 4.79 Å². The Morgan fingerprint density at radius 3 is 2.10 bits per heavy atom. The summed E-state index contributed by atoms with van der Waals surface area (Å²) in [5, 5.41) is 4.01. The minimum Gasteiger partial charge on any atom is -0.341 e. The van der Waals surface area contributed by atoms with Crippen molar-refractivity contribution in [2.24, 2.45) is 29.4 Å². The van der Waals surface area contributed by atoms with Crippen molar-refractivity contribution in [2.75, 3.05) is 19.6 Å². The van der Waals surface area contributed by atoms with Crippen LogP contribution in [0, 0.1) is 23.7 Å². The van der Waals surface area contributed by atoms with Gasteiger partial charge in [0.05, 0.1) is 6.54 Å². The van der Waals surface area contributed by atoms with Gasteiger partial charge < -0.3 is 16.0 Å². The highest BCUT2D eigenvalue weighted by atomic mass is 16.2. The molecular weight excluding hydrogens is 262 g/mol. The van der Waals surface area contributed by atoms with Crippen molar-refractivity contribution < 1.29 is 4.79 Å². The van der Waals surface area contributed by atoms with E-state index in [0.717, 1.165) is 55.6 Å². The topological polar surface area (TPSA) is 58.4 Å². The number of likely N-dealkylation sites (tertiary alicyclic amines) is 1. The van der Waals surface area contributed by atoms with Gasteiger partial charge in [-0.05, 0) is 68.6 Å². The second-order valence-electron chi connectivity index (χ2n) is 7.98. The maximum absolute atomic E-state index is 11.6. The average Bonchev–Trinajstić information content (AvgIpc) is 2.50. The van der Waals surface area contributed by atoms with E-state index in [-0.39, 0.29) is 12.5 Å². The van der Waals surface area contributed by atoms with Crippen molar-refractivity contribution in [1.29, 1.82) is 0 Å². The van der Waals surface area contributed by atoms with Gasteiger partial charge in [-0.2, -0.15) is 0 Å². The van der Waals surface area contributed by atoms with Gasteiger partial charge in [-0.1, -0.05) is 0 Å². The SMILES string of the molecule is NCC(=O)N1CCC(NC2C3CC4CC(C3)CC2C4)CC1. The molecule has 3 N–H and O–H groups in total. The molecule has 0 aromatic heterocycles. The van der Waals surface area contributed by atoms with Gasteiger partial charge in [0, 0.05) is 25.2 Å². The molecule has 0 unspecified atom stereocenters. The first-order chi connectivity index (χ1) is 10.2. The molecule has 1 heterocycles. The Balaban J connectivity index is 1.32. The third kappa shape index (κ3) is 2.61. The molecule has 1 saturated heterocycles. The minimum atomic E-state index is 0.114. The maximum atomic E-state index is 11.6. The molecule has 0 spiro atoms. The van der Waals surface area contributed by atoms with Crippen molar-refractivity contribution in [3.05, 3.63) is 0 Å². The van der Waals surface area contributed by atoms with Crippen LogP contribution < -0.4 is 11.1 Å². The molecule has 4 nitrogen and oxygen atoms in total. The zero-order valence-corrected chi connectivity index (χ0v) is 13.0. The number of carbonyl (C=O) groups excluding carboxylic acids is 1. The molecule has 1 amide bonds. The Kier molecular flexibility index (Phi) is 3.70. The lowest BCUT2D eigenvalue weighted by atomic mass is 9.54. The second-order valence-corrected chi connectivity index (χ2v) is 7.98. The lowest BCUT2D eigenvalue weighted by Crippen LogP contribution is -2.58. The molecule has 1 aliphatic heterocycles. The zero-order valence-electron chi connectivity index (χ0n) is 13.0. The number of rotatable bonds is 3. The largest absolute Gasteiger partial charge is 0.341 e. The lowest BCUT2D eigenvalue weighted by Gasteiger charge is -2.55. The number of amides is 1. The summed E-state index contributed by atoms with van der Waals surface area (Å²) in [6, 6.07) is 1.40. The van der Waals surface area contributed by atoms with Crippen molar-refractivity contribution >= 4 is 5.91 Å². The second kappa shape index (κ2) is 5.54. The van der Waals surface area contributed by atoms with Crippen LogP contribution in [0.2, 0.25) is 0 Å². The van der Waals surface area contributed by atoms with Crippen LogP contribution in [0.15, 0.2) is 0 Å². The highest BCUT2D eigenvalue weighted by molar-refractivity contribution is 5.78. The summed E-state index contributed by atoms with van der Waals surface area (Å²) in [5.41, 5.74) is 5.46. The summed E-state index contributed by atoms with van der Waals surface area (Å²) >= 11 is 0. The van der Waals surface area contributed by atoms with E-state index in [9.17, 15) is 4.79 Å². The van der Waals surface area contributed by atoms with E-state index in [1.807, 2.05) is 4.90 Å². The summed E-state index contributed by atoms with van der Waals surface area (Å²) in [6.45, 7) is 1.94. The lowest BCUT2D eigenvalue weighted by molar-refractivity contribution is -0.130. The predicted octanol–water partition coefficient (Wildman–Crippen LogP) is 1.35. The van der Waals surface area contributed by atoms with Gasteiger partial charge in [-0.15, -0.1) is 0 Å². The fourth-order valence-electron chi connectivity index (χ4n) is 5.89. The molecule has 4 bridgehead atoms. The van der Waals surface area contributed by atoms with E-state index in [0.29, 0.717) is 6.04 Å². The Morgan fingerprint density at radius 1 is 1.00 bits per heavy atom. The van der Waals surface area contributed by atoms with Gasteiger partial charge in [0.25, 0.3) is 0 Å². The Labute approximate surface area is 127 Å². The summed E-state index contributed by atoms with van der Waals surface area (Å²) in [7, 11) is 0. The number of hydrogen-bond acceptors (Lipinski definition) is 3. The van der Waals surface area contributed by atoms with Crippen LogP contribution in [0.4, 0.5) is 0 Å². The fraction of sp³-hybridized carbons (Fsp3) is 0.941. The first kappa shape index (κ1) is 14.0. The van der Waals surface area contributed by atoms with E-state index >= 15 is 0 Å². The summed E-state index contributed by atoms with van der Waals surface area (Å²) in [5.74, 6) is 4.11. The van der Waals surface area contributed by atoms with Crippen LogP contribution >= 0.6 is 0 Å². The Bertz CT molecular complexity index is 375. The van der Waals surface area contributed by atoms with Gasteiger partial charge >= 0.3 is 0 Å². The first-order valence-corrected chi connectivity index (χ1v) is 8.96. The highest BCUT2D eigenvalue weighted by Crippen LogP contribution is 2.53.